The molecular formula is C16H26N2O4. The average molecular weight is 310 g/mol. The van der Waals surface area contributed by atoms with Crippen LogP contribution in [0.15, 0.2) is 0 Å². The normalized spacial score (nSPS) is 31.5. The van der Waals surface area contributed by atoms with Crippen LogP contribution in [0.5, 0.6) is 0 Å². The number of hydrogen-bond acceptors (Lipinski definition) is 4. The van der Waals surface area contributed by atoms with E-state index in [1.165, 1.54) is 0 Å². The SMILES string of the molecule is O=C(CN1CCCCCC1=O)N[C@@H]1C[C@@H](O)C12CCOCC2. The molecule has 2 heterocycles. The zero-order chi connectivity index (χ0) is 15.6. The van der Waals surface area contributed by atoms with Crippen molar-refractivity contribution in [1.82, 2.24) is 10.2 Å². The first-order valence-electron chi connectivity index (χ1n) is 8.45. The molecule has 2 aliphatic heterocycles. The second-order valence-corrected chi connectivity index (χ2v) is 6.84. The summed E-state index contributed by atoms with van der Waals surface area (Å²) in [6, 6.07) is 0.0148. The number of nitrogens with one attached hydrogen (secondary N) is 1. The van der Waals surface area contributed by atoms with E-state index in [2.05, 4.69) is 5.32 Å². The average Bonchev–Trinajstić information content (AvgIpc) is 2.73. The first-order valence-corrected chi connectivity index (χ1v) is 8.45. The number of carbonyl (C=O) groups is 2. The Balaban J connectivity index is 1.54. The molecule has 2 amide bonds. The van der Waals surface area contributed by atoms with E-state index in [9.17, 15) is 14.7 Å². The number of aliphatic hydroxyl groups excluding tert-OH is 1. The quantitative estimate of drug-likeness (QED) is 0.792. The summed E-state index contributed by atoms with van der Waals surface area (Å²) >= 11 is 0. The molecule has 1 saturated carbocycles. The number of nitrogens with zero attached hydrogens (tertiary/aromatic N) is 1. The lowest BCUT2D eigenvalue weighted by Gasteiger charge is -2.55. The van der Waals surface area contributed by atoms with Gasteiger partial charge < -0.3 is 20.1 Å². The minimum Gasteiger partial charge on any atom is -0.392 e. The zero-order valence-electron chi connectivity index (χ0n) is 13.1. The lowest BCUT2D eigenvalue weighted by molar-refractivity contribution is -0.157. The maximum atomic E-state index is 12.3. The van der Waals surface area contributed by atoms with Gasteiger partial charge in [0.15, 0.2) is 0 Å². The Kier molecular flexibility index (Phi) is 4.68. The molecule has 0 radical (unpaired) electrons. The number of aliphatic hydroxyl groups is 1. The lowest BCUT2D eigenvalue weighted by atomic mass is 9.58. The van der Waals surface area contributed by atoms with Gasteiger partial charge in [-0.05, 0) is 32.1 Å². The third-order valence-electron chi connectivity index (χ3n) is 5.58. The molecule has 0 aromatic heterocycles. The van der Waals surface area contributed by atoms with E-state index in [1.54, 1.807) is 4.90 Å². The van der Waals surface area contributed by atoms with Crippen molar-refractivity contribution >= 4 is 11.8 Å². The van der Waals surface area contributed by atoms with Gasteiger partial charge >= 0.3 is 0 Å². The molecule has 124 valence electrons. The van der Waals surface area contributed by atoms with Crippen molar-refractivity contribution in [2.24, 2.45) is 5.41 Å². The second kappa shape index (κ2) is 6.54. The molecule has 0 unspecified atom stereocenters. The Hall–Kier alpha value is -1.14. The predicted molar refractivity (Wildman–Crippen MR) is 80.1 cm³/mol. The van der Waals surface area contributed by atoms with Gasteiger partial charge in [-0.3, -0.25) is 9.59 Å². The molecule has 1 spiro atoms. The summed E-state index contributed by atoms with van der Waals surface area (Å²) < 4.78 is 5.38. The molecule has 2 N–H and O–H groups in total. The number of ether oxygens (including phenoxy) is 1. The van der Waals surface area contributed by atoms with Crippen LogP contribution in [0.4, 0.5) is 0 Å². The van der Waals surface area contributed by atoms with Crippen LogP contribution in [-0.4, -0.2) is 60.3 Å². The van der Waals surface area contributed by atoms with Gasteiger partial charge in [-0.15, -0.1) is 0 Å². The largest absolute Gasteiger partial charge is 0.392 e. The first-order chi connectivity index (χ1) is 10.6. The number of rotatable bonds is 3. The molecular weight excluding hydrogens is 284 g/mol. The molecule has 0 aromatic rings. The van der Waals surface area contributed by atoms with Crippen LogP contribution >= 0.6 is 0 Å². The Bertz CT molecular complexity index is 434. The van der Waals surface area contributed by atoms with Crippen LogP contribution in [0.3, 0.4) is 0 Å². The molecule has 3 rings (SSSR count). The molecule has 2 atom stereocenters. The van der Waals surface area contributed by atoms with E-state index in [-0.39, 0.29) is 35.9 Å². The van der Waals surface area contributed by atoms with Gasteiger partial charge in [0, 0.05) is 37.6 Å². The summed E-state index contributed by atoms with van der Waals surface area (Å²) in [4.78, 5) is 25.9. The Labute approximate surface area is 131 Å². The highest BCUT2D eigenvalue weighted by molar-refractivity contribution is 5.85. The molecule has 22 heavy (non-hydrogen) atoms. The third kappa shape index (κ3) is 2.99. The molecule has 6 nitrogen and oxygen atoms in total. The van der Waals surface area contributed by atoms with Crippen molar-refractivity contribution in [1.29, 1.82) is 0 Å². The maximum Gasteiger partial charge on any atom is 0.239 e. The summed E-state index contributed by atoms with van der Waals surface area (Å²) in [6.07, 6.45) is 5.36. The van der Waals surface area contributed by atoms with Crippen LogP contribution in [0.2, 0.25) is 0 Å². The Morgan fingerprint density at radius 3 is 2.82 bits per heavy atom. The fraction of sp³-hybridized carbons (Fsp3) is 0.875. The molecule has 3 fully saturated rings. The van der Waals surface area contributed by atoms with E-state index in [0.717, 1.165) is 32.1 Å². The smallest absolute Gasteiger partial charge is 0.239 e. The highest BCUT2D eigenvalue weighted by atomic mass is 16.5. The highest BCUT2D eigenvalue weighted by Gasteiger charge is 2.55. The number of hydrogen-bond donors (Lipinski definition) is 2. The highest BCUT2D eigenvalue weighted by Crippen LogP contribution is 2.48. The van der Waals surface area contributed by atoms with Gasteiger partial charge in [-0.25, -0.2) is 0 Å². The minimum absolute atomic E-state index is 0.0148. The van der Waals surface area contributed by atoms with Crippen LogP contribution in [0.1, 0.15) is 44.9 Å². The minimum atomic E-state index is -0.346. The Morgan fingerprint density at radius 1 is 1.32 bits per heavy atom. The van der Waals surface area contributed by atoms with Crippen molar-refractivity contribution in [3.8, 4) is 0 Å². The van der Waals surface area contributed by atoms with Gasteiger partial charge in [0.1, 0.15) is 0 Å². The first kappa shape index (κ1) is 15.7. The fourth-order valence-electron chi connectivity index (χ4n) is 4.02. The summed E-state index contributed by atoms with van der Waals surface area (Å²) in [5.74, 6) is -0.0138. The molecule has 2 saturated heterocycles. The summed E-state index contributed by atoms with van der Waals surface area (Å²) in [5.41, 5.74) is -0.212. The van der Waals surface area contributed by atoms with Crippen LogP contribution in [0, 0.1) is 5.41 Å². The van der Waals surface area contributed by atoms with Gasteiger partial charge in [-0.2, -0.15) is 0 Å². The monoisotopic (exact) mass is 310 g/mol. The van der Waals surface area contributed by atoms with E-state index < -0.39 is 0 Å². The zero-order valence-corrected chi connectivity index (χ0v) is 13.1. The van der Waals surface area contributed by atoms with E-state index >= 15 is 0 Å². The number of carbonyl (C=O) groups excluding carboxylic acids is 2. The number of likely N-dealkylation sites (tertiary alicyclic amines) is 1. The van der Waals surface area contributed by atoms with Crippen molar-refractivity contribution in [2.45, 2.75) is 57.1 Å². The maximum absolute atomic E-state index is 12.3. The van der Waals surface area contributed by atoms with Crippen LogP contribution in [0.25, 0.3) is 0 Å². The molecule has 3 aliphatic rings. The van der Waals surface area contributed by atoms with Crippen molar-refractivity contribution in [2.75, 3.05) is 26.3 Å². The van der Waals surface area contributed by atoms with Gasteiger partial charge in [0.25, 0.3) is 0 Å². The van der Waals surface area contributed by atoms with Gasteiger partial charge in [0.05, 0.1) is 12.6 Å². The van der Waals surface area contributed by atoms with E-state index in [1.807, 2.05) is 0 Å². The second-order valence-electron chi connectivity index (χ2n) is 6.84. The summed E-state index contributed by atoms with van der Waals surface area (Å²) in [5, 5.41) is 13.2. The van der Waals surface area contributed by atoms with Crippen LogP contribution in [-0.2, 0) is 14.3 Å². The molecule has 0 bridgehead atoms. The van der Waals surface area contributed by atoms with E-state index in [4.69, 9.17) is 4.74 Å². The molecule has 6 heteroatoms. The summed E-state index contributed by atoms with van der Waals surface area (Å²) in [7, 11) is 0. The van der Waals surface area contributed by atoms with Gasteiger partial charge in [0.2, 0.25) is 11.8 Å². The standard InChI is InChI=1S/C16H26N2O4/c19-13-10-12(16(13)5-8-22-9-6-16)17-14(20)11-18-7-3-1-2-4-15(18)21/h12-13,19H,1-11H2,(H,17,20)/t12-,13-/m1/s1. The molecule has 1 aliphatic carbocycles. The Morgan fingerprint density at radius 2 is 2.09 bits per heavy atom. The summed E-state index contributed by atoms with van der Waals surface area (Å²) in [6.45, 7) is 2.12. The van der Waals surface area contributed by atoms with Crippen LogP contribution < -0.4 is 5.32 Å². The lowest BCUT2D eigenvalue weighted by Crippen LogP contribution is -2.66. The topological polar surface area (TPSA) is 78.9 Å². The van der Waals surface area contributed by atoms with Crippen molar-refractivity contribution in [3.05, 3.63) is 0 Å². The van der Waals surface area contributed by atoms with Gasteiger partial charge in [-0.1, -0.05) is 6.42 Å². The van der Waals surface area contributed by atoms with Crippen molar-refractivity contribution in [3.63, 3.8) is 0 Å². The fourth-order valence-corrected chi connectivity index (χ4v) is 4.02. The van der Waals surface area contributed by atoms with E-state index in [0.29, 0.717) is 32.6 Å². The predicted octanol–water partition coefficient (Wildman–Crippen LogP) is 0.435. The third-order valence-corrected chi connectivity index (χ3v) is 5.58. The number of amides is 2. The van der Waals surface area contributed by atoms with Crippen molar-refractivity contribution < 1.29 is 19.4 Å². The molecule has 0 aromatic carbocycles.